The van der Waals surface area contributed by atoms with Crippen LogP contribution in [0.2, 0.25) is 5.15 Å². The molecule has 1 unspecified atom stereocenters. The van der Waals surface area contributed by atoms with Crippen LogP contribution in [0.15, 0.2) is 31.1 Å². The van der Waals surface area contributed by atoms with Gasteiger partial charge >= 0.3 is 6.18 Å². The Morgan fingerprint density at radius 1 is 1.33 bits per heavy atom. The molecule has 33 heavy (non-hydrogen) atoms. The van der Waals surface area contributed by atoms with Gasteiger partial charge in [-0.25, -0.2) is 4.39 Å². The Morgan fingerprint density at radius 2 is 2.06 bits per heavy atom. The highest BCUT2D eigenvalue weighted by atomic mass is 35.5. The maximum Gasteiger partial charge on any atom is 0.408 e. The molecule has 3 aromatic rings. The summed E-state index contributed by atoms with van der Waals surface area (Å²) < 4.78 is 63.3. The molecule has 0 bridgehead atoms. The lowest BCUT2D eigenvalue weighted by atomic mass is 10.00. The third kappa shape index (κ3) is 5.03. The molecule has 0 saturated heterocycles. The summed E-state index contributed by atoms with van der Waals surface area (Å²) in [6.45, 7) is 6.64. The van der Waals surface area contributed by atoms with Gasteiger partial charge in [-0.3, -0.25) is 0 Å². The average Bonchev–Trinajstić information content (AvgIpc) is 3.19. The number of anilines is 1. The van der Waals surface area contributed by atoms with Gasteiger partial charge in [-0.1, -0.05) is 17.7 Å². The predicted octanol–water partition coefficient (Wildman–Crippen LogP) is 4.56. The molecular weight excluding hydrogens is 464 g/mol. The first-order valence-corrected chi connectivity index (χ1v) is 10.4. The molecular formula is C21H23ClF4N6O. The van der Waals surface area contributed by atoms with E-state index in [1.807, 2.05) is 0 Å². The van der Waals surface area contributed by atoms with E-state index >= 15 is 4.39 Å². The number of halogens is 5. The zero-order chi connectivity index (χ0) is 24.3. The average molecular weight is 487 g/mol. The maximum absolute atomic E-state index is 15.4. The molecule has 3 rings (SSSR count). The molecule has 7 nitrogen and oxygen atoms in total. The SMILES string of the molecule is C=CCN(c1c(-c2c(C)cc(OCCCN)cc2F)c(Cl)nc2ncnn12)C(C)C(F)(F)F. The molecule has 12 heteroatoms. The van der Waals surface area contributed by atoms with Crippen LogP contribution in [0.5, 0.6) is 5.75 Å². The van der Waals surface area contributed by atoms with Crippen LogP contribution in [0.3, 0.4) is 0 Å². The number of nitrogens with zero attached hydrogens (tertiary/aromatic N) is 5. The fraction of sp³-hybridized carbons (Fsp3) is 0.381. The van der Waals surface area contributed by atoms with Crippen molar-refractivity contribution >= 4 is 23.2 Å². The van der Waals surface area contributed by atoms with E-state index in [2.05, 4.69) is 21.6 Å². The molecule has 1 atom stereocenters. The molecule has 2 aromatic heterocycles. The second-order valence-corrected chi connectivity index (χ2v) is 7.68. The summed E-state index contributed by atoms with van der Waals surface area (Å²) in [4.78, 5) is 9.04. The van der Waals surface area contributed by atoms with Crippen molar-refractivity contribution < 1.29 is 22.3 Å². The first kappa shape index (κ1) is 24.7. The quantitative estimate of drug-likeness (QED) is 0.207. The first-order valence-electron chi connectivity index (χ1n) is 10.1. The predicted molar refractivity (Wildman–Crippen MR) is 118 cm³/mol. The normalized spacial score (nSPS) is 12.7. The van der Waals surface area contributed by atoms with E-state index in [1.165, 1.54) is 6.08 Å². The highest BCUT2D eigenvalue weighted by molar-refractivity contribution is 6.33. The number of hydrogen-bond donors (Lipinski definition) is 1. The minimum absolute atomic E-state index is 0.0190. The van der Waals surface area contributed by atoms with Crippen LogP contribution in [-0.4, -0.2) is 51.5 Å². The van der Waals surface area contributed by atoms with Crippen LogP contribution in [0.1, 0.15) is 18.9 Å². The minimum atomic E-state index is -4.60. The fourth-order valence-electron chi connectivity index (χ4n) is 3.41. The van der Waals surface area contributed by atoms with E-state index in [0.717, 1.165) is 28.7 Å². The molecule has 0 aliphatic rings. The van der Waals surface area contributed by atoms with E-state index in [4.69, 9.17) is 22.1 Å². The number of nitrogens with two attached hydrogens (primary N) is 1. The number of ether oxygens (including phenoxy) is 1. The van der Waals surface area contributed by atoms with Gasteiger partial charge in [0.25, 0.3) is 5.78 Å². The lowest BCUT2D eigenvalue weighted by Gasteiger charge is -2.33. The zero-order valence-electron chi connectivity index (χ0n) is 18.0. The lowest BCUT2D eigenvalue weighted by molar-refractivity contribution is -0.144. The Kier molecular flexibility index (Phi) is 7.43. The zero-order valence-corrected chi connectivity index (χ0v) is 18.8. The topological polar surface area (TPSA) is 81.6 Å². The van der Waals surface area contributed by atoms with Crippen molar-refractivity contribution in [2.75, 3.05) is 24.6 Å². The molecule has 0 saturated carbocycles. The third-order valence-corrected chi connectivity index (χ3v) is 5.30. The summed E-state index contributed by atoms with van der Waals surface area (Å²) in [6.07, 6.45) is -1.58. The summed E-state index contributed by atoms with van der Waals surface area (Å²) in [5.41, 5.74) is 5.77. The van der Waals surface area contributed by atoms with Gasteiger partial charge in [0.15, 0.2) is 0 Å². The Morgan fingerprint density at radius 3 is 2.67 bits per heavy atom. The highest BCUT2D eigenvalue weighted by Gasteiger charge is 2.42. The van der Waals surface area contributed by atoms with Crippen molar-refractivity contribution in [3.8, 4) is 16.9 Å². The Labute approximate surface area is 192 Å². The number of benzene rings is 1. The number of aromatic nitrogens is 4. The van der Waals surface area contributed by atoms with Gasteiger partial charge in [0, 0.05) is 18.2 Å². The molecule has 0 amide bonds. The largest absolute Gasteiger partial charge is 0.493 e. The molecule has 178 valence electrons. The maximum atomic E-state index is 15.4. The highest BCUT2D eigenvalue weighted by Crippen LogP contribution is 2.42. The van der Waals surface area contributed by atoms with Crippen LogP contribution in [0.25, 0.3) is 16.9 Å². The number of fused-ring (bicyclic) bond motifs is 1. The van der Waals surface area contributed by atoms with Crippen molar-refractivity contribution in [3.63, 3.8) is 0 Å². The molecule has 0 radical (unpaired) electrons. The lowest BCUT2D eigenvalue weighted by Crippen LogP contribution is -2.45. The van der Waals surface area contributed by atoms with E-state index in [0.29, 0.717) is 25.1 Å². The fourth-order valence-corrected chi connectivity index (χ4v) is 3.67. The molecule has 0 spiro atoms. The van der Waals surface area contributed by atoms with E-state index in [1.54, 1.807) is 13.0 Å². The Balaban J connectivity index is 2.28. The van der Waals surface area contributed by atoms with Gasteiger partial charge < -0.3 is 15.4 Å². The smallest absolute Gasteiger partial charge is 0.408 e. The number of hydrogen-bond acceptors (Lipinski definition) is 6. The van der Waals surface area contributed by atoms with E-state index < -0.39 is 18.0 Å². The minimum Gasteiger partial charge on any atom is -0.493 e. The second kappa shape index (κ2) is 9.92. The van der Waals surface area contributed by atoms with Gasteiger partial charge in [0.1, 0.15) is 34.9 Å². The summed E-state index contributed by atoms with van der Waals surface area (Å²) >= 11 is 6.41. The summed E-state index contributed by atoms with van der Waals surface area (Å²) in [5.74, 6) is -0.602. The van der Waals surface area contributed by atoms with Crippen LogP contribution in [0.4, 0.5) is 23.4 Å². The number of aryl methyl sites for hydroxylation is 1. The standard InChI is InChI=1S/C21H23ClF4N6O/c1-4-7-31(13(3)21(24,25)26)19-17(18(22)30-20-28-11-29-32(19)20)16-12(2)9-14(10-15(16)23)33-8-5-6-27/h4,9-11,13H,1,5-8,27H2,2-3H3. The van der Waals surface area contributed by atoms with E-state index in [9.17, 15) is 13.2 Å². The summed E-state index contributed by atoms with van der Waals surface area (Å²) in [7, 11) is 0. The number of alkyl halides is 3. The van der Waals surface area contributed by atoms with Gasteiger partial charge in [-0.2, -0.15) is 32.8 Å². The van der Waals surface area contributed by atoms with Crippen molar-refractivity contribution in [1.29, 1.82) is 0 Å². The van der Waals surface area contributed by atoms with Crippen molar-refractivity contribution in [3.05, 3.63) is 47.6 Å². The molecule has 0 aliphatic heterocycles. The van der Waals surface area contributed by atoms with Crippen LogP contribution < -0.4 is 15.4 Å². The first-order chi connectivity index (χ1) is 15.6. The van der Waals surface area contributed by atoms with Crippen molar-refractivity contribution in [2.24, 2.45) is 5.73 Å². The monoisotopic (exact) mass is 486 g/mol. The van der Waals surface area contributed by atoms with Gasteiger partial charge in [-0.05, 0) is 38.4 Å². The van der Waals surface area contributed by atoms with Gasteiger partial charge in [0.2, 0.25) is 0 Å². The third-order valence-electron chi connectivity index (χ3n) is 5.03. The molecule has 0 fully saturated rings. The second-order valence-electron chi connectivity index (χ2n) is 7.32. The van der Waals surface area contributed by atoms with Gasteiger partial charge in [0.05, 0.1) is 12.2 Å². The van der Waals surface area contributed by atoms with E-state index in [-0.39, 0.29) is 40.2 Å². The molecule has 0 aliphatic carbocycles. The van der Waals surface area contributed by atoms with Crippen molar-refractivity contribution in [1.82, 2.24) is 19.6 Å². The van der Waals surface area contributed by atoms with Crippen LogP contribution in [-0.2, 0) is 0 Å². The number of rotatable bonds is 9. The Bertz CT molecular complexity index is 1130. The van der Waals surface area contributed by atoms with Crippen LogP contribution in [0, 0.1) is 12.7 Å². The van der Waals surface area contributed by atoms with Crippen molar-refractivity contribution in [2.45, 2.75) is 32.5 Å². The molecule has 2 N–H and O–H groups in total. The summed E-state index contributed by atoms with van der Waals surface area (Å²) in [6, 6.07) is 0.753. The molecule has 2 heterocycles. The van der Waals surface area contributed by atoms with Crippen LogP contribution >= 0.6 is 11.6 Å². The Hall–Kier alpha value is -2.92. The van der Waals surface area contributed by atoms with Gasteiger partial charge in [-0.15, -0.1) is 6.58 Å². The summed E-state index contributed by atoms with van der Waals surface area (Å²) in [5, 5.41) is 3.81. The molecule has 1 aromatic carbocycles.